The first-order valence-corrected chi connectivity index (χ1v) is 11.4. The molecule has 1 aliphatic heterocycles. The smallest absolute Gasteiger partial charge is 0.238 e. The van der Waals surface area contributed by atoms with Gasteiger partial charge in [-0.25, -0.2) is 0 Å². The molecule has 0 bridgehead atoms. The number of carbonyl (C=O) groups excluding carboxylic acids is 1. The molecule has 5 nitrogen and oxygen atoms in total. The van der Waals surface area contributed by atoms with E-state index in [0.29, 0.717) is 18.0 Å². The highest BCUT2D eigenvalue weighted by atomic mass is 16.5. The van der Waals surface area contributed by atoms with Crippen molar-refractivity contribution in [3.05, 3.63) is 22.8 Å². The number of ether oxygens (including phenoxy) is 2. The van der Waals surface area contributed by atoms with Crippen LogP contribution in [0.3, 0.4) is 0 Å². The highest BCUT2D eigenvalue weighted by Gasteiger charge is 2.32. The lowest BCUT2D eigenvalue weighted by Crippen LogP contribution is -2.34. The summed E-state index contributed by atoms with van der Waals surface area (Å²) in [7, 11) is 1.65. The van der Waals surface area contributed by atoms with Crippen molar-refractivity contribution in [3.63, 3.8) is 0 Å². The second-order valence-electron chi connectivity index (χ2n) is 8.47. The third-order valence-corrected chi connectivity index (χ3v) is 6.18. The summed E-state index contributed by atoms with van der Waals surface area (Å²) in [6.45, 7) is 14.6. The summed E-state index contributed by atoms with van der Waals surface area (Å²) in [5.41, 5.74) is 3.34. The van der Waals surface area contributed by atoms with Crippen LogP contribution in [0.2, 0.25) is 0 Å². The number of methoxy groups -OCH3 is 1. The Morgan fingerprint density at radius 1 is 1.13 bits per heavy atom. The fourth-order valence-corrected chi connectivity index (χ4v) is 4.03. The Morgan fingerprint density at radius 2 is 1.83 bits per heavy atom. The summed E-state index contributed by atoms with van der Waals surface area (Å²) in [5, 5.41) is 3.11. The van der Waals surface area contributed by atoms with E-state index in [1.165, 1.54) is 19.3 Å². The van der Waals surface area contributed by atoms with Gasteiger partial charge in [-0.15, -0.1) is 0 Å². The zero-order valence-corrected chi connectivity index (χ0v) is 20.0. The molecule has 1 heterocycles. The van der Waals surface area contributed by atoms with Crippen molar-refractivity contribution >= 4 is 17.7 Å². The number of likely N-dealkylation sites (N-methyl/N-ethyl adjacent to an activating group) is 1. The number of hydrogen-bond donors (Lipinski definition) is 1. The molecule has 0 spiro atoms. The molecule has 1 N–H and O–H groups in total. The van der Waals surface area contributed by atoms with Gasteiger partial charge in [0.15, 0.2) is 0 Å². The maximum absolute atomic E-state index is 12.7. The highest BCUT2D eigenvalue weighted by molar-refractivity contribution is 5.98. The topological polar surface area (TPSA) is 50.8 Å². The van der Waals surface area contributed by atoms with Crippen LogP contribution in [0.4, 0.5) is 5.69 Å². The molecule has 1 aromatic rings. The summed E-state index contributed by atoms with van der Waals surface area (Å²) in [6.07, 6.45) is 10.1. The molecule has 0 fully saturated rings. The van der Waals surface area contributed by atoms with E-state index in [9.17, 15) is 4.79 Å². The number of nitrogens with zero attached hydrogens (tertiary/aromatic N) is 1. The van der Waals surface area contributed by atoms with Gasteiger partial charge in [0.25, 0.3) is 0 Å². The molecule has 30 heavy (non-hydrogen) atoms. The third kappa shape index (κ3) is 5.57. The van der Waals surface area contributed by atoms with Gasteiger partial charge in [0, 0.05) is 5.56 Å². The number of anilines is 1. The predicted molar refractivity (Wildman–Crippen MR) is 126 cm³/mol. The van der Waals surface area contributed by atoms with E-state index in [1.807, 2.05) is 6.92 Å². The molecule has 168 valence electrons. The lowest BCUT2D eigenvalue weighted by Gasteiger charge is -2.34. The number of carbonyl (C=O) groups is 1. The number of fused-ring (bicyclic) bond motifs is 1. The summed E-state index contributed by atoms with van der Waals surface area (Å²) in [5.74, 6) is 1.52. The molecule has 1 atom stereocenters. The standard InChI is InChI=1S/C25H40N2O3/c1-8-11-12-13-15-25(6)16-14-20-22(26-21(28)17-27(9-2)10-3)24(29-7)19(5)18(4)23(20)30-25/h14,16H,8-13,15,17H2,1-7H3,(H,26,28). The van der Waals surface area contributed by atoms with Gasteiger partial charge in [-0.3, -0.25) is 9.69 Å². The van der Waals surface area contributed by atoms with E-state index in [0.717, 1.165) is 48.4 Å². The highest BCUT2D eigenvalue weighted by Crippen LogP contribution is 2.46. The summed E-state index contributed by atoms with van der Waals surface area (Å²) >= 11 is 0. The van der Waals surface area contributed by atoms with Gasteiger partial charge >= 0.3 is 0 Å². The van der Waals surface area contributed by atoms with Crippen molar-refractivity contribution in [2.24, 2.45) is 0 Å². The number of nitrogens with one attached hydrogen (secondary N) is 1. The molecule has 1 aliphatic rings. The second-order valence-corrected chi connectivity index (χ2v) is 8.47. The van der Waals surface area contributed by atoms with Crippen LogP contribution in [0.5, 0.6) is 11.5 Å². The number of unbranched alkanes of at least 4 members (excludes halogenated alkanes) is 3. The van der Waals surface area contributed by atoms with Gasteiger partial charge in [-0.2, -0.15) is 0 Å². The lowest BCUT2D eigenvalue weighted by atomic mass is 9.91. The van der Waals surface area contributed by atoms with Gasteiger partial charge in [0.1, 0.15) is 17.1 Å². The summed E-state index contributed by atoms with van der Waals surface area (Å²) < 4.78 is 12.3. The van der Waals surface area contributed by atoms with Crippen molar-refractivity contribution in [3.8, 4) is 11.5 Å². The summed E-state index contributed by atoms with van der Waals surface area (Å²) in [6, 6.07) is 0. The van der Waals surface area contributed by atoms with Gasteiger partial charge in [0.2, 0.25) is 5.91 Å². The minimum Gasteiger partial charge on any atom is -0.494 e. The second kappa shape index (κ2) is 10.9. The number of rotatable bonds is 11. The Labute approximate surface area is 182 Å². The zero-order chi connectivity index (χ0) is 22.3. The Hall–Kier alpha value is -2.01. The van der Waals surface area contributed by atoms with Crippen LogP contribution in [0.1, 0.15) is 76.5 Å². The van der Waals surface area contributed by atoms with Crippen molar-refractivity contribution in [1.29, 1.82) is 0 Å². The monoisotopic (exact) mass is 416 g/mol. The zero-order valence-electron chi connectivity index (χ0n) is 20.0. The van der Waals surface area contributed by atoms with Gasteiger partial charge in [-0.05, 0) is 70.0 Å². The quantitative estimate of drug-likeness (QED) is 0.468. The molecule has 2 rings (SSSR count). The largest absolute Gasteiger partial charge is 0.494 e. The van der Waals surface area contributed by atoms with Gasteiger partial charge in [-0.1, -0.05) is 40.0 Å². The molecular formula is C25H40N2O3. The van der Waals surface area contributed by atoms with Crippen LogP contribution in [-0.2, 0) is 4.79 Å². The molecule has 1 amide bonds. The SMILES string of the molecule is CCCCCCC1(C)C=Cc2c(NC(=O)CN(CC)CC)c(OC)c(C)c(C)c2O1. The van der Waals surface area contributed by atoms with Crippen LogP contribution in [0.15, 0.2) is 6.08 Å². The first kappa shape index (κ1) is 24.3. The average molecular weight is 417 g/mol. The molecule has 0 aliphatic carbocycles. The Balaban J connectivity index is 2.35. The first-order chi connectivity index (χ1) is 14.3. The Kier molecular flexibility index (Phi) is 8.78. The van der Waals surface area contributed by atoms with Crippen LogP contribution >= 0.6 is 0 Å². The molecule has 1 unspecified atom stereocenters. The van der Waals surface area contributed by atoms with Crippen LogP contribution in [0, 0.1) is 13.8 Å². The van der Waals surface area contributed by atoms with Gasteiger partial charge < -0.3 is 14.8 Å². The molecule has 0 saturated heterocycles. The fraction of sp³-hybridized carbons (Fsp3) is 0.640. The summed E-state index contributed by atoms with van der Waals surface area (Å²) in [4.78, 5) is 14.8. The predicted octanol–water partition coefficient (Wildman–Crippen LogP) is 5.73. The van der Waals surface area contributed by atoms with Crippen molar-refractivity contribution < 1.29 is 14.3 Å². The van der Waals surface area contributed by atoms with Gasteiger partial charge in [0.05, 0.1) is 19.3 Å². The minimum atomic E-state index is -0.324. The fourth-order valence-electron chi connectivity index (χ4n) is 4.03. The number of amides is 1. The number of benzene rings is 1. The van der Waals surface area contributed by atoms with E-state index in [1.54, 1.807) is 7.11 Å². The Bertz CT molecular complexity index is 768. The molecular weight excluding hydrogens is 376 g/mol. The van der Waals surface area contributed by atoms with E-state index in [-0.39, 0.29) is 11.5 Å². The maximum Gasteiger partial charge on any atom is 0.238 e. The molecule has 0 aromatic heterocycles. The minimum absolute atomic E-state index is 0.0382. The van der Waals surface area contributed by atoms with Crippen LogP contribution in [0.25, 0.3) is 6.08 Å². The number of hydrogen-bond acceptors (Lipinski definition) is 4. The van der Waals surface area contributed by atoms with Crippen LogP contribution < -0.4 is 14.8 Å². The molecule has 1 aromatic carbocycles. The molecule has 0 radical (unpaired) electrons. The molecule has 0 saturated carbocycles. The van der Waals surface area contributed by atoms with E-state index in [2.05, 4.69) is 57.0 Å². The van der Waals surface area contributed by atoms with E-state index >= 15 is 0 Å². The van der Waals surface area contributed by atoms with Crippen molar-refractivity contribution in [2.45, 2.75) is 79.2 Å². The van der Waals surface area contributed by atoms with E-state index in [4.69, 9.17) is 9.47 Å². The van der Waals surface area contributed by atoms with E-state index < -0.39 is 0 Å². The first-order valence-electron chi connectivity index (χ1n) is 11.4. The van der Waals surface area contributed by atoms with Crippen molar-refractivity contribution in [1.82, 2.24) is 4.90 Å². The molecule has 5 heteroatoms. The van der Waals surface area contributed by atoms with Crippen LogP contribution in [-0.4, -0.2) is 43.2 Å². The maximum atomic E-state index is 12.7. The Morgan fingerprint density at radius 3 is 2.43 bits per heavy atom. The van der Waals surface area contributed by atoms with Crippen molar-refractivity contribution in [2.75, 3.05) is 32.1 Å². The normalized spacial score (nSPS) is 17.6. The third-order valence-electron chi connectivity index (χ3n) is 6.18. The average Bonchev–Trinajstić information content (AvgIpc) is 2.73. The lowest BCUT2D eigenvalue weighted by molar-refractivity contribution is -0.117.